The summed E-state index contributed by atoms with van der Waals surface area (Å²) in [5.41, 5.74) is 3.79. The molecule has 7 heteroatoms. The Hall–Kier alpha value is -2.57. The summed E-state index contributed by atoms with van der Waals surface area (Å²) in [6.07, 6.45) is 7.62. The highest BCUT2D eigenvalue weighted by molar-refractivity contribution is 5.88. The molecule has 0 saturated heterocycles. The van der Waals surface area contributed by atoms with Gasteiger partial charge in [-0.05, 0) is 49.8 Å². The van der Waals surface area contributed by atoms with Gasteiger partial charge in [-0.25, -0.2) is 9.66 Å². The molecule has 3 N–H and O–H groups in total. The fourth-order valence-corrected chi connectivity index (χ4v) is 3.65. The maximum Gasteiger partial charge on any atom is 0.241 e. The number of aromatic nitrogens is 2. The normalized spacial score (nSPS) is 23.1. The Morgan fingerprint density at radius 1 is 1.28 bits per heavy atom. The fraction of sp³-hybridized carbons (Fsp3) is 0.500. The Morgan fingerprint density at radius 3 is 2.96 bits per heavy atom. The van der Waals surface area contributed by atoms with E-state index in [1.807, 2.05) is 24.4 Å². The lowest BCUT2D eigenvalue weighted by Gasteiger charge is -2.28. The zero-order chi connectivity index (χ0) is 17.1. The SMILES string of the molecule is O=C(Nn1ccc2cccnc21)[C@H]1CC[C@H](CNC2=NCCN2)CC1. The fourth-order valence-electron chi connectivity index (χ4n) is 3.65. The van der Waals surface area contributed by atoms with Gasteiger partial charge in [-0.3, -0.25) is 15.2 Å². The van der Waals surface area contributed by atoms with Crippen LogP contribution in [0.15, 0.2) is 35.6 Å². The van der Waals surface area contributed by atoms with Crippen molar-refractivity contribution in [2.24, 2.45) is 16.8 Å². The molecule has 1 saturated carbocycles. The van der Waals surface area contributed by atoms with Crippen molar-refractivity contribution in [1.82, 2.24) is 20.3 Å². The van der Waals surface area contributed by atoms with Crippen molar-refractivity contribution >= 4 is 22.9 Å². The number of fused-ring (bicyclic) bond motifs is 1. The van der Waals surface area contributed by atoms with Crippen LogP contribution in [0.4, 0.5) is 0 Å². The molecule has 0 atom stereocenters. The maximum atomic E-state index is 12.6. The third-order valence-electron chi connectivity index (χ3n) is 5.13. The number of carbonyl (C=O) groups excluding carboxylic acids is 1. The van der Waals surface area contributed by atoms with Gasteiger partial charge in [0.2, 0.25) is 5.91 Å². The van der Waals surface area contributed by atoms with Crippen LogP contribution in [0.3, 0.4) is 0 Å². The Bertz CT molecular complexity index is 775. The van der Waals surface area contributed by atoms with Gasteiger partial charge in [-0.1, -0.05) is 0 Å². The number of nitrogens with one attached hydrogen (secondary N) is 3. The van der Waals surface area contributed by atoms with Gasteiger partial charge in [-0.2, -0.15) is 0 Å². The summed E-state index contributed by atoms with van der Waals surface area (Å²) in [4.78, 5) is 21.3. The van der Waals surface area contributed by atoms with Gasteiger partial charge >= 0.3 is 0 Å². The van der Waals surface area contributed by atoms with E-state index in [2.05, 4.69) is 26.0 Å². The molecule has 25 heavy (non-hydrogen) atoms. The molecule has 0 aromatic carbocycles. The van der Waals surface area contributed by atoms with Crippen LogP contribution in [0, 0.1) is 11.8 Å². The predicted molar refractivity (Wildman–Crippen MR) is 97.9 cm³/mol. The van der Waals surface area contributed by atoms with Crippen molar-refractivity contribution in [3.63, 3.8) is 0 Å². The number of hydrogen-bond acceptors (Lipinski definition) is 5. The smallest absolute Gasteiger partial charge is 0.241 e. The average molecular weight is 340 g/mol. The molecule has 1 fully saturated rings. The quantitative estimate of drug-likeness (QED) is 0.787. The zero-order valence-corrected chi connectivity index (χ0v) is 14.2. The van der Waals surface area contributed by atoms with Crippen molar-refractivity contribution in [1.29, 1.82) is 0 Å². The molecule has 3 heterocycles. The second kappa shape index (κ2) is 7.13. The third kappa shape index (κ3) is 3.60. The van der Waals surface area contributed by atoms with Gasteiger partial charge in [-0.15, -0.1) is 0 Å². The predicted octanol–water partition coefficient (Wildman–Crippen LogP) is 1.46. The van der Waals surface area contributed by atoms with Crippen molar-refractivity contribution < 1.29 is 4.79 Å². The Labute approximate surface area is 146 Å². The van der Waals surface area contributed by atoms with Crippen LogP contribution in [0.1, 0.15) is 25.7 Å². The lowest BCUT2D eigenvalue weighted by molar-refractivity contribution is -0.121. The van der Waals surface area contributed by atoms with Crippen molar-refractivity contribution in [2.45, 2.75) is 25.7 Å². The summed E-state index contributed by atoms with van der Waals surface area (Å²) < 4.78 is 1.73. The van der Waals surface area contributed by atoms with E-state index in [0.717, 1.165) is 62.3 Å². The van der Waals surface area contributed by atoms with Gasteiger partial charge < -0.3 is 10.6 Å². The van der Waals surface area contributed by atoms with E-state index < -0.39 is 0 Å². The summed E-state index contributed by atoms with van der Waals surface area (Å²) in [5.74, 6) is 1.71. The van der Waals surface area contributed by atoms with Gasteiger partial charge in [0.25, 0.3) is 0 Å². The molecule has 2 aromatic rings. The molecule has 1 aliphatic heterocycles. The summed E-state index contributed by atoms with van der Waals surface area (Å²) in [5, 5.41) is 7.64. The second-order valence-corrected chi connectivity index (χ2v) is 6.83. The number of rotatable bonds is 4. The first-order chi connectivity index (χ1) is 12.3. The van der Waals surface area contributed by atoms with Crippen LogP contribution in [-0.2, 0) is 4.79 Å². The molecule has 7 nitrogen and oxygen atoms in total. The molecular formula is C18H24N6O. The van der Waals surface area contributed by atoms with Crippen LogP contribution in [-0.4, -0.2) is 41.2 Å². The minimum absolute atomic E-state index is 0.0827. The molecule has 1 amide bonds. The molecule has 4 rings (SSSR count). The van der Waals surface area contributed by atoms with Gasteiger partial charge in [0, 0.05) is 36.8 Å². The summed E-state index contributed by atoms with van der Waals surface area (Å²) in [6, 6.07) is 5.86. The van der Waals surface area contributed by atoms with E-state index in [9.17, 15) is 4.79 Å². The lowest BCUT2D eigenvalue weighted by Crippen LogP contribution is -2.39. The van der Waals surface area contributed by atoms with E-state index in [4.69, 9.17) is 0 Å². The summed E-state index contributed by atoms with van der Waals surface area (Å²) in [7, 11) is 0. The standard InChI is InChI=1S/C18H24N6O/c25-17(23-24-11-7-14-2-1-8-19-16(14)24)15-5-3-13(4-6-15)12-22-18-20-9-10-21-18/h1-2,7-8,11,13,15H,3-6,9-10,12H2,(H,23,25)(H2,20,21,22)/t13-,15-. The van der Waals surface area contributed by atoms with Crippen LogP contribution < -0.4 is 16.1 Å². The largest absolute Gasteiger partial charge is 0.356 e. The first kappa shape index (κ1) is 15.9. The minimum Gasteiger partial charge on any atom is -0.356 e. The Kier molecular flexibility index (Phi) is 4.54. The van der Waals surface area contributed by atoms with E-state index in [0.29, 0.717) is 5.92 Å². The summed E-state index contributed by atoms with van der Waals surface area (Å²) in [6.45, 7) is 2.72. The number of nitrogens with zero attached hydrogens (tertiary/aromatic N) is 3. The molecule has 0 bridgehead atoms. The van der Waals surface area contributed by atoms with Gasteiger partial charge in [0.05, 0.1) is 6.54 Å². The van der Waals surface area contributed by atoms with Crippen molar-refractivity contribution in [3.8, 4) is 0 Å². The second-order valence-electron chi connectivity index (χ2n) is 6.83. The highest BCUT2D eigenvalue weighted by atomic mass is 16.2. The number of hydrogen-bond donors (Lipinski definition) is 3. The number of pyridine rings is 1. The Morgan fingerprint density at radius 2 is 2.16 bits per heavy atom. The first-order valence-corrected chi connectivity index (χ1v) is 9.05. The average Bonchev–Trinajstić information content (AvgIpc) is 3.31. The molecule has 2 aliphatic rings. The molecule has 1 aliphatic carbocycles. The number of carbonyl (C=O) groups is 1. The lowest BCUT2D eigenvalue weighted by atomic mass is 9.81. The Balaban J connectivity index is 1.28. The number of aliphatic imine (C=N–C) groups is 1. The minimum atomic E-state index is 0.0827. The van der Waals surface area contributed by atoms with E-state index in [-0.39, 0.29) is 11.8 Å². The number of amides is 1. The molecule has 2 aromatic heterocycles. The van der Waals surface area contributed by atoms with Gasteiger partial charge in [0.15, 0.2) is 11.6 Å². The molecule has 0 unspecified atom stereocenters. The van der Waals surface area contributed by atoms with Crippen LogP contribution in [0.25, 0.3) is 11.0 Å². The van der Waals surface area contributed by atoms with Crippen molar-refractivity contribution in [3.05, 3.63) is 30.6 Å². The van der Waals surface area contributed by atoms with Crippen molar-refractivity contribution in [2.75, 3.05) is 25.1 Å². The van der Waals surface area contributed by atoms with Crippen LogP contribution >= 0.6 is 0 Å². The number of guanidine groups is 1. The first-order valence-electron chi connectivity index (χ1n) is 9.05. The molecule has 0 radical (unpaired) electrons. The monoisotopic (exact) mass is 340 g/mol. The molecular weight excluding hydrogens is 316 g/mol. The topological polar surface area (TPSA) is 83.3 Å². The maximum absolute atomic E-state index is 12.6. The summed E-state index contributed by atoms with van der Waals surface area (Å²) >= 11 is 0. The van der Waals surface area contributed by atoms with Crippen LogP contribution in [0.5, 0.6) is 0 Å². The molecule has 132 valence electrons. The van der Waals surface area contributed by atoms with Gasteiger partial charge in [0.1, 0.15) is 0 Å². The third-order valence-corrected chi connectivity index (χ3v) is 5.13. The zero-order valence-electron chi connectivity index (χ0n) is 14.2. The highest BCUT2D eigenvalue weighted by Crippen LogP contribution is 2.28. The van der Waals surface area contributed by atoms with E-state index >= 15 is 0 Å². The molecule has 0 spiro atoms. The highest BCUT2D eigenvalue weighted by Gasteiger charge is 2.27. The van der Waals surface area contributed by atoms with E-state index in [1.54, 1.807) is 10.9 Å². The van der Waals surface area contributed by atoms with E-state index in [1.165, 1.54) is 0 Å². The van der Waals surface area contributed by atoms with Crippen LogP contribution in [0.2, 0.25) is 0 Å².